The van der Waals surface area contributed by atoms with Crippen molar-refractivity contribution in [3.8, 4) is 0 Å². The zero-order valence-electron chi connectivity index (χ0n) is 14.0. The summed E-state index contributed by atoms with van der Waals surface area (Å²) < 4.78 is 5.57. The normalized spacial score (nSPS) is 30.4. The lowest BCUT2D eigenvalue weighted by Crippen LogP contribution is -2.57. The molecule has 2 rings (SSSR count). The molecule has 6 heteroatoms. The minimum absolute atomic E-state index is 0.0820. The van der Waals surface area contributed by atoms with Crippen molar-refractivity contribution in [2.75, 3.05) is 19.6 Å². The molecule has 2 aliphatic heterocycles. The van der Waals surface area contributed by atoms with E-state index in [2.05, 4.69) is 29.5 Å². The van der Waals surface area contributed by atoms with E-state index in [1.54, 1.807) is 4.90 Å². The van der Waals surface area contributed by atoms with Crippen LogP contribution in [0.4, 0.5) is 4.79 Å². The number of piperidine rings is 2. The fourth-order valence-corrected chi connectivity index (χ4v) is 4.04. The van der Waals surface area contributed by atoms with Gasteiger partial charge in [-0.15, -0.1) is 0 Å². The van der Waals surface area contributed by atoms with Gasteiger partial charge in [-0.25, -0.2) is 4.79 Å². The molecule has 3 atom stereocenters. The Morgan fingerprint density at radius 1 is 1.32 bits per heavy atom. The molecule has 0 unspecified atom stereocenters. The Morgan fingerprint density at radius 3 is 2.64 bits per heavy atom. The first kappa shape index (κ1) is 17.8. The number of nitrogens with zero attached hydrogens (tertiary/aromatic N) is 2. The molecule has 2 saturated heterocycles. The second-order valence-electron chi connectivity index (χ2n) is 7.52. The molecule has 2 aliphatic rings. The fraction of sp³-hybridized carbons (Fsp3) is 0.875. The van der Waals surface area contributed by atoms with Gasteiger partial charge in [0.2, 0.25) is 5.91 Å². The summed E-state index contributed by atoms with van der Waals surface area (Å²) in [6, 6.07) is 0.126. The van der Waals surface area contributed by atoms with Crippen molar-refractivity contribution in [2.24, 2.45) is 5.92 Å². The van der Waals surface area contributed by atoms with E-state index >= 15 is 0 Å². The Balaban J connectivity index is 2.04. The van der Waals surface area contributed by atoms with E-state index in [0.717, 1.165) is 25.8 Å². The van der Waals surface area contributed by atoms with Gasteiger partial charge < -0.3 is 14.5 Å². The van der Waals surface area contributed by atoms with Crippen LogP contribution < -0.4 is 0 Å². The number of hydrogen-bond donors (Lipinski definition) is 0. The highest BCUT2D eigenvalue weighted by atomic mass is 127. The maximum Gasteiger partial charge on any atom is 0.410 e. The van der Waals surface area contributed by atoms with Crippen LogP contribution in [0.3, 0.4) is 0 Å². The number of amides is 2. The highest BCUT2D eigenvalue weighted by molar-refractivity contribution is 14.1. The van der Waals surface area contributed by atoms with E-state index in [1.165, 1.54) is 0 Å². The first-order valence-corrected chi connectivity index (χ1v) is 9.34. The third-order valence-corrected chi connectivity index (χ3v) is 5.29. The summed E-state index contributed by atoms with van der Waals surface area (Å²) in [4.78, 5) is 28.5. The lowest BCUT2D eigenvalue weighted by Gasteiger charge is -2.44. The van der Waals surface area contributed by atoms with Crippen LogP contribution in [0.25, 0.3) is 0 Å². The van der Waals surface area contributed by atoms with Crippen LogP contribution in [-0.2, 0) is 9.53 Å². The molecule has 0 aromatic carbocycles. The molecule has 0 radical (unpaired) electrons. The maximum atomic E-state index is 12.4. The molecular weight excluding hydrogens is 395 g/mol. The molecule has 0 aromatic rings. The van der Waals surface area contributed by atoms with Crippen molar-refractivity contribution in [2.45, 2.75) is 62.5 Å². The van der Waals surface area contributed by atoms with Gasteiger partial charge in [0.15, 0.2) is 0 Å². The van der Waals surface area contributed by atoms with Gasteiger partial charge in [-0.2, -0.15) is 0 Å². The second kappa shape index (κ2) is 6.93. The molecule has 2 amide bonds. The van der Waals surface area contributed by atoms with Crippen LogP contribution in [0.5, 0.6) is 0 Å². The monoisotopic (exact) mass is 422 g/mol. The number of carbonyl (C=O) groups is 2. The molecule has 5 nitrogen and oxygen atoms in total. The summed E-state index contributed by atoms with van der Waals surface area (Å²) in [5.74, 6) is 0.615. The Bertz CT molecular complexity index is 436. The zero-order valence-corrected chi connectivity index (χ0v) is 16.1. The number of hydrogen-bond acceptors (Lipinski definition) is 3. The van der Waals surface area contributed by atoms with Crippen LogP contribution >= 0.6 is 22.6 Å². The van der Waals surface area contributed by atoms with E-state index in [1.807, 2.05) is 25.7 Å². The van der Waals surface area contributed by atoms with Gasteiger partial charge in [-0.3, -0.25) is 4.79 Å². The SMILES string of the molecule is C[C@H]1C[C@@H](N2CCC[C@@H](I)C2=O)CN(C(=O)OC(C)(C)C)C1. The van der Waals surface area contributed by atoms with Crippen LogP contribution in [0, 0.1) is 5.92 Å². The summed E-state index contributed by atoms with van der Waals surface area (Å²) in [5.41, 5.74) is -0.485. The summed E-state index contributed by atoms with van der Waals surface area (Å²) in [7, 11) is 0. The Kier molecular flexibility index (Phi) is 5.61. The molecule has 22 heavy (non-hydrogen) atoms. The first-order chi connectivity index (χ1) is 10.2. The smallest absolute Gasteiger partial charge is 0.410 e. The molecule has 2 heterocycles. The number of carbonyl (C=O) groups excluding carboxylic acids is 2. The van der Waals surface area contributed by atoms with Crippen LogP contribution in [0.1, 0.15) is 47.0 Å². The van der Waals surface area contributed by atoms with Crippen molar-refractivity contribution in [1.29, 1.82) is 0 Å². The van der Waals surface area contributed by atoms with Gasteiger partial charge in [0, 0.05) is 25.7 Å². The highest BCUT2D eigenvalue weighted by Crippen LogP contribution is 2.27. The quantitative estimate of drug-likeness (QED) is 0.482. The fourth-order valence-electron chi connectivity index (χ4n) is 3.24. The minimum atomic E-state index is -0.485. The molecule has 0 aromatic heterocycles. The molecule has 0 aliphatic carbocycles. The van der Waals surface area contributed by atoms with Gasteiger partial charge in [-0.1, -0.05) is 29.5 Å². The molecule has 0 N–H and O–H groups in total. The van der Waals surface area contributed by atoms with E-state index in [9.17, 15) is 9.59 Å². The summed E-state index contributed by atoms with van der Waals surface area (Å²) in [6.45, 7) is 9.90. The number of rotatable bonds is 1. The standard InChI is InChI=1S/C16H27IN2O3/c1-11-8-12(19-7-5-6-13(17)14(19)20)10-18(9-11)15(21)22-16(2,3)4/h11-13H,5-10H2,1-4H3/t11-,12+,13+/m0/s1. The average molecular weight is 422 g/mol. The largest absolute Gasteiger partial charge is 0.444 e. The van der Waals surface area contributed by atoms with E-state index in [-0.39, 0.29) is 22.0 Å². The van der Waals surface area contributed by atoms with Gasteiger partial charge in [-0.05, 0) is 46.0 Å². The highest BCUT2D eigenvalue weighted by Gasteiger charge is 2.37. The van der Waals surface area contributed by atoms with Gasteiger partial charge in [0.25, 0.3) is 0 Å². The Hall–Kier alpha value is -0.530. The van der Waals surface area contributed by atoms with Gasteiger partial charge in [0.05, 0.1) is 3.92 Å². The van der Waals surface area contributed by atoms with Crippen molar-refractivity contribution < 1.29 is 14.3 Å². The predicted molar refractivity (Wildman–Crippen MR) is 94.1 cm³/mol. The number of halogens is 1. The van der Waals surface area contributed by atoms with Crippen LogP contribution in [0.15, 0.2) is 0 Å². The van der Waals surface area contributed by atoms with Crippen molar-refractivity contribution in [1.82, 2.24) is 9.80 Å². The minimum Gasteiger partial charge on any atom is -0.444 e. The average Bonchev–Trinajstić information content (AvgIpc) is 2.39. The molecule has 126 valence electrons. The van der Waals surface area contributed by atoms with E-state index in [4.69, 9.17) is 4.74 Å². The molecule has 0 saturated carbocycles. The van der Waals surface area contributed by atoms with Crippen molar-refractivity contribution >= 4 is 34.6 Å². The Morgan fingerprint density at radius 2 is 2.00 bits per heavy atom. The first-order valence-electron chi connectivity index (χ1n) is 8.10. The van der Waals surface area contributed by atoms with E-state index in [0.29, 0.717) is 19.0 Å². The maximum absolute atomic E-state index is 12.4. The Labute approximate surface area is 146 Å². The molecular formula is C16H27IN2O3. The number of ether oxygens (including phenoxy) is 1. The van der Waals surface area contributed by atoms with E-state index < -0.39 is 5.60 Å². The summed E-state index contributed by atoms with van der Waals surface area (Å²) in [5, 5.41) is 0. The van der Waals surface area contributed by atoms with Crippen LogP contribution in [-0.4, -0.2) is 57.0 Å². The number of alkyl halides is 1. The predicted octanol–water partition coefficient (Wildman–Crippen LogP) is 3.06. The van der Waals surface area contributed by atoms with Crippen LogP contribution in [0.2, 0.25) is 0 Å². The lowest BCUT2D eigenvalue weighted by molar-refractivity contribution is -0.136. The van der Waals surface area contributed by atoms with Crippen molar-refractivity contribution in [3.05, 3.63) is 0 Å². The third kappa shape index (κ3) is 4.49. The third-order valence-electron chi connectivity index (χ3n) is 4.14. The summed E-state index contributed by atoms with van der Waals surface area (Å²) >= 11 is 2.24. The number of likely N-dealkylation sites (tertiary alicyclic amines) is 2. The van der Waals surface area contributed by atoms with Gasteiger partial charge >= 0.3 is 6.09 Å². The topological polar surface area (TPSA) is 49.9 Å². The van der Waals surface area contributed by atoms with Crippen molar-refractivity contribution in [3.63, 3.8) is 0 Å². The molecule has 2 fully saturated rings. The lowest BCUT2D eigenvalue weighted by atomic mass is 9.93. The van der Waals surface area contributed by atoms with Gasteiger partial charge in [0.1, 0.15) is 5.60 Å². The zero-order chi connectivity index (χ0) is 16.5. The second-order valence-corrected chi connectivity index (χ2v) is 9.03. The molecule has 0 spiro atoms. The molecule has 0 bridgehead atoms. The summed E-state index contributed by atoms with van der Waals surface area (Å²) in [6.07, 6.45) is 2.72.